The lowest BCUT2D eigenvalue weighted by molar-refractivity contribution is -0.121. The van der Waals surface area contributed by atoms with Crippen molar-refractivity contribution in [1.82, 2.24) is 10.6 Å². The number of sulfone groups is 2. The summed E-state index contributed by atoms with van der Waals surface area (Å²) in [6, 6.07) is -1.13. The molecule has 8 N–H and O–H groups in total. The molecular formula is C38H54F6N6O10S4. The number of rotatable bonds is 20. The van der Waals surface area contributed by atoms with Crippen LogP contribution < -0.4 is 31.5 Å². The summed E-state index contributed by atoms with van der Waals surface area (Å²) in [6.45, 7) is -0.807. The summed E-state index contributed by atoms with van der Waals surface area (Å²) in [4.78, 5) is 19.0. The van der Waals surface area contributed by atoms with E-state index in [9.17, 15) is 47.8 Å². The van der Waals surface area contributed by atoms with Gasteiger partial charge in [-0.1, -0.05) is 64.2 Å². The molecule has 2 amide bonds. The van der Waals surface area contributed by atoms with Gasteiger partial charge in [0.25, 0.3) is 0 Å². The lowest BCUT2D eigenvalue weighted by Gasteiger charge is -2.25. The lowest BCUT2D eigenvalue weighted by atomic mass is 9.96. The molecule has 0 heterocycles. The van der Waals surface area contributed by atoms with Gasteiger partial charge in [0.05, 0.1) is 36.1 Å². The molecular weight excluding hydrogens is 943 g/mol. The fourth-order valence-electron chi connectivity index (χ4n) is 7.58. The minimum atomic E-state index is -5.19. The van der Waals surface area contributed by atoms with Crippen LogP contribution in [0.1, 0.15) is 103 Å². The second-order valence-electron chi connectivity index (χ2n) is 15.6. The van der Waals surface area contributed by atoms with E-state index >= 15 is 17.6 Å². The first-order valence-electron chi connectivity index (χ1n) is 20.8. The number of nitrogens with two attached hydrogens (primary N) is 2. The molecule has 64 heavy (non-hydrogen) atoms. The number of carbonyl (C=O) groups excluding carboxylic acids is 2. The second-order valence-corrected chi connectivity index (χ2v) is 22.2. The van der Waals surface area contributed by atoms with Crippen molar-refractivity contribution in [1.29, 1.82) is 0 Å². The normalized spacial score (nSPS) is 16.8. The molecule has 2 aromatic carbocycles. The maximum atomic E-state index is 15.6. The van der Waals surface area contributed by atoms with Gasteiger partial charge >= 0.3 is 0 Å². The van der Waals surface area contributed by atoms with Crippen molar-refractivity contribution in [3.63, 3.8) is 0 Å². The van der Waals surface area contributed by atoms with Crippen LogP contribution in [0.2, 0.25) is 0 Å². The summed E-state index contributed by atoms with van der Waals surface area (Å²) >= 11 is 0. The number of hydrogen-bond acceptors (Lipinski definition) is 12. The molecule has 2 fully saturated rings. The fraction of sp³-hybridized carbons (Fsp3) is 0.632. The van der Waals surface area contributed by atoms with Crippen LogP contribution in [0.15, 0.2) is 19.6 Å². The van der Waals surface area contributed by atoms with Crippen LogP contribution in [0.5, 0.6) is 0 Å². The van der Waals surface area contributed by atoms with Crippen LogP contribution in [0.25, 0.3) is 0 Å². The molecule has 2 aromatic rings. The third kappa shape index (κ3) is 14.2. The molecule has 0 bridgehead atoms. The van der Waals surface area contributed by atoms with Crippen LogP contribution in [0, 0.1) is 34.9 Å². The van der Waals surface area contributed by atoms with E-state index in [1.807, 2.05) is 0 Å². The molecule has 2 saturated carbocycles. The number of amides is 2. The Hall–Kier alpha value is -3.56. The monoisotopic (exact) mass is 996 g/mol. The molecule has 0 saturated heterocycles. The van der Waals surface area contributed by atoms with Gasteiger partial charge in [0.1, 0.15) is 25.7 Å². The molecule has 2 aliphatic rings. The molecule has 26 heteroatoms. The third-order valence-corrected chi connectivity index (χ3v) is 16.0. The first-order chi connectivity index (χ1) is 30.1. The van der Waals surface area contributed by atoms with Crippen molar-refractivity contribution >= 4 is 63.9 Å². The number of hydrogen-bond donors (Lipinski definition) is 6. The minimum Gasteiger partial charge on any atom is -0.379 e. The molecule has 0 spiro atoms. The fourth-order valence-corrected chi connectivity index (χ4v) is 11.8. The quantitative estimate of drug-likeness (QED) is 0.0610. The van der Waals surface area contributed by atoms with E-state index in [0.29, 0.717) is 51.4 Å². The van der Waals surface area contributed by atoms with Crippen LogP contribution in [-0.4, -0.2) is 91.2 Å². The number of anilines is 2. The smallest absolute Gasteiger partial charge is 0.244 e. The molecule has 362 valence electrons. The Morgan fingerprint density at radius 3 is 1.31 bits per heavy atom. The Bertz CT molecular complexity index is 2360. The highest BCUT2D eigenvalue weighted by molar-refractivity contribution is 7.92. The van der Waals surface area contributed by atoms with Crippen molar-refractivity contribution < 1.29 is 70.1 Å². The Balaban J connectivity index is 1.28. The molecule has 2 aliphatic carbocycles. The minimum absolute atomic E-state index is 0.192. The number of nitrogens with one attached hydrogen (secondary N) is 4. The molecule has 0 radical (unpaired) electrons. The van der Waals surface area contributed by atoms with Gasteiger partial charge in [-0.3, -0.25) is 9.59 Å². The van der Waals surface area contributed by atoms with Crippen LogP contribution in [0.4, 0.5) is 37.7 Å². The van der Waals surface area contributed by atoms with E-state index in [-0.39, 0.29) is 26.3 Å². The zero-order valence-electron chi connectivity index (χ0n) is 34.8. The maximum Gasteiger partial charge on any atom is 0.244 e. The Labute approximate surface area is 371 Å². The molecule has 4 rings (SSSR count). The number of halogens is 6. The van der Waals surface area contributed by atoms with E-state index in [1.165, 1.54) is 0 Å². The maximum absolute atomic E-state index is 15.6. The van der Waals surface area contributed by atoms with E-state index < -0.39 is 155 Å². The standard InChI is InChI=1S/C38H54F6N6O10S4/c39-27-28(40)37(33(31(43)35(27)61(45)53)49-23-11-7-3-1-4-8-12-23)62(54,55)21-15-25(51)47-17-19-60-20-18-48-26(52)16-22-63(56,57)38-30(42)29(41)36(64(46,58)59)32(44)34(38)50-24-13-9-5-2-6-10-14-24/h23-24,49-50H,1-22,45H2,(H,47,51)(H,48,52)(H2,46,58,59). The Morgan fingerprint density at radius 2 is 0.922 bits per heavy atom. The van der Waals surface area contributed by atoms with Gasteiger partial charge in [0.15, 0.2) is 59.5 Å². The van der Waals surface area contributed by atoms with Crippen LogP contribution in [-0.2, 0) is 55.0 Å². The molecule has 0 aromatic heterocycles. The highest BCUT2D eigenvalue weighted by Crippen LogP contribution is 2.38. The van der Waals surface area contributed by atoms with Gasteiger partial charge < -0.3 is 26.0 Å². The number of ether oxygens (including phenoxy) is 1. The summed E-state index contributed by atoms with van der Waals surface area (Å²) in [5.74, 6) is -16.1. The zero-order valence-corrected chi connectivity index (χ0v) is 38.1. The van der Waals surface area contributed by atoms with Crippen molar-refractivity contribution in [3.05, 3.63) is 34.9 Å². The van der Waals surface area contributed by atoms with Crippen LogP contribution in [0.3, 0.4) is 0 Å². The van der Waals surface area contributed by atoms with Gasteiger partial charge in [0.2, 0.25) is 21.8 Å². The second kappa shape index (κ2) is 23.8. The van der Waals surface area contributed by atoms with Crippen molar-refractivity contribution in [2.45, 2.75) is 134 Å². The molecule has 0 aliphatic heterocycles. The number of benzene rings is 2. The van der Waals surface area contributed by atoms with Crippen molar-refractivity contribution in [3.8, 4) is 0 Å². The topological polar surface area (TPSA) is 263 Å². The van der Waals surface area contributed by atoms with E-state index in [0.717, 1.165) is 38.5 Å². The molecule has 1 atom stereocenters. The third-order valence-electron chi connectivity index (χ3n) is 10.8. The summed E-state index contributed by atoms with van der Waals surface area (Å²) in [7, 11) is -17.9. The van der Waals surface area contributed by atoms with Gasteiger partial charge in [-0.25, -0.2) is 66.1 Å². The van der Waals surface area contributed by atoms with Crippen LogP contribution >= 0.6 is 0 Å². The van der Waals surface area contributed by atoms with E-state index in [2.05, 4.69) is 21.3 Å². The lowest BCUT2D eigenvalue weighted by Crippen LogP contribution is -2.32. The Kier molecular flexibility index (Phi) is 19.7. The number of primary sulfonamides is 1. The van der Waals surface area contributed by atoms with Gasteiger partial charge in [0, 0.05) is 38.0 Å². The SMILES string of the molecule is NS(=O)c1c(F)c(F)c(S(=O)(=O)CCC(=O)NCCOCCNC(=O)CCS(=O)(=O)c2c(F)c(F)c(S(N)(=O)=O)c(F)c2NC2CCCCCCC2)c(NC2CCCCCCC2)c1F. The molecule has 16 nitrogen and oxygen atoms in total. The first kappa shape index (κ1) is 53.1. The predicted molar refractivity (Wildman–Crippen MR) is 224 cm³/mol. The summed E-state index contributed by atoms with van der Waals surface area (Å²) in [5.41, 5.74) is -2.02. The summed E-state index contributed by atoms with van der Waals surface area (Å²) in [6.07, 6.45) is 8.11. The highest BCUT2D eigenvalue weighted by atomic mass is 32.2. The number of carbonyl (C=O) groups is 2. The van der Waals surface area contributed by atoms with Gasteiger partial charge in [-0.15, -0.1) is 0 Å². The summed E-state index contributed by atoms with van der Waals surface area (Å²) in [5, 5.41) is 20.0. The predicted octanol–water partition coefficient (Wildman–Crippen LogP) is 4.48. The summed E-state index contributed by atoms with van der Waals surface area (Å²) < 4.78 is 186. The number of sulfonamides is 1. The van der Waals surface area contributed by atoms with Crippen molar-refractivity contribution in [2.75, 3.05) is 48.4 Å². The van der Waals surface area contributed by atoms with E-state index in [1.54, 1.807) is 0 Å². The molecule has 1 unspecified atom stereocenters. The van der Waals surface area contributed by atoms with Gasteiger partial charge in [-0.05, 0) is 25.7 Å². The van der Waals surface area contributed by atoms with Gasteiger partial charge in [-0.2, -0.15) is 0 Å². The first-order valence-corrected chi connectivity index (χ1v) is 26.8. The Morgan fingerprint density at radius 1 is 0.562 bits per heavy atom. The van der Waals surface area contributed by atoms with E-state index in [4.69, 9.17) is 15.0 Å². The highest BCUT2D eigenvalue weighted by Gasteiger charge is 2.38. The average Bonchev–Trinajstić information content (AvgIpc) is 3.18. The zero-order chi connectivity index (χ0) is 47.4. The average molecular weight is 997 g/mol. The largest absolute Gasteiger partial charge is 0.379 e. The van der Waals surface area contributed by atoms with Crippen molar-refractivity contribution in [2.24, 2.45) is 10.3 Å².